The molecule has 0 aliphatic carbocycles. The Hall–Kier alpha value is -3.71. The van der Waals surface area contributed by atoms with Crippen LogP contribution in [0.2, 0.25) is 0 Å². The molecule has 5 rings (SSSR count). The summed E-state index contributed by atoms with van der Waals surface area (Å²) in [6, 6.07) is 6.09. The number of aliphatic hydroxyl groups is 6. The molecule has 2 saturated heterocycles. The van der Waals surface area contributed by atoms with Crippen molar-refractivity contribution in [3.63, 3.8) is 0 Å². The van der Waals surface area contributed by atoms with E-state index in [9.17, 15) is 50.8 Å². The van der Waals surface area contributed by atoms with E-state index >= 15 is 0 Å². The number of hydrogen-bond acceptors (Lipinski definition) is 16. The predicted octanol–water partition coefficient (Wildman–Crippen LogP) is -1.38. The zero-order valence-corrected chi connectivity index (χ0v) is 23.3. The van der Waals surface area contributed by atoms with E-state index in [-0.39, 0.29) is 28.4 Å². The van der Waals surface area contributed by atoms with Gasteiger partial charge in [-0.2, -0.15) is 0 Å². The van der Waals surface area contributed by atoms with Crippen LogP contribution in [0.15, 0.2) is 39.5 Å². The van der Waals surface area contributed by atoms with Crippen LogP contribution in [0.3, 0.4) is 0 Å². The molecule has 44 heavy (non-hydrogen) atoms. The molecular weight excluding hydrogens is 592 g/mol. The molecule has 0 amide bonds. The van der Waals surface area contributed by atoms with Crippen LogP contribution in [0.1, 0.15) is 6.92 Å². The van der Waals surface area contributed by atoms with Crippen molar-refractivity contribution in [3.05, 3.63) is 40.6 Å². The lowest BCUT2D eigenvalue weighted by Crippen LogP contribution is -2.64. The van der Waals surface area contributed by atoms with Crippen LogP contribution >= 0.6 is 0 Å². The number of phenolic OH excluding ortho intramolecular Hbond substituents is 3. The Morgan fingerprint density at radius 3 is 2.14 bits per heavy atom. The average Bonchev–Trinajstić information content (AvgIpc) is 2.99. The molecule has 10 atom stereocenters. The highest BCUT2D eigenvalue weighted by Gasteiger charge is 2.51. The van der Waals surface area contributed by atoms with Crippen LogP contribution in [0, 0.1) is 0 Å². The maximum absolute atomic E-state index is 13.9. The third-order valence-electron chi connectivity index (χ3n) is 7.53. The van der Waals surface area contributed by atoms with Crippen molar-refractivity contribution in [2.75, 3.05) is 13.7 Å². The van der Waals surface area contributed by atoms with E-state index in [0.717, 1.165) is 6.07 Å². The molecule has 1 aromatic heterocycles. The van der Waals surface area contributed by atoms with E-state index in [0.29, 0.717) is 0 Å². The van der Waals surface area contributed by atoms with E-state index in [4.69, 9.17) is 28.1 Å². The first-order valence-corrected chi connectivity index (χ1v) is 13.4. The predicted molar refractivity (Wildman–Crippen MR) is 145 cm³/mol. The minimum Gasteiger partial charge on any atom is -0.508 e. The molecule has 0 spiro atoms. The highest BCUT2D eigenvalue weighted by Crippen LogP contribution is 2.43. The second-order valence-electron chi connectivity index (χ2n) is 10.4. The Balaban J connectivity index is 1.64. The van der Waals surface area contributed by atoms with Crippen molar-refractivity contribution in [1.82, 2.24) is 0 Å². The minimum absolute atomic E-state index is 0.133. The summed E-state index contributed by atoms with van der Waals surface area (Å²) >= 11 is 0. The first-order valence-electron chi connectivity index (χ1n) is 13.4. The van der Waals surface area contributed by atoms with E-state index in [1.54, 1.807) is 0 Å². The number of benzene rings is 2. The molecule has 10 unspecified atom stereocenters. The van der Waals surface area contributed by atoms with Crippen molar-refractivity contribution < 1.29 is 74.1 Å². The normalized spacial score (nSPS) is 32.5. The second kappa shape index (κ2) is 12.4. The third-order valence-corrected chi connectivity index (χ3v) is 7.53. The van der Waals surface area contributed by atoms with Crippen LogP contribution in [0.25, 0.3) is 22.3 Å². The lowest BCUT2D eigenvalue weighted by atomic mass is 9.97. The maximum atomic E-state index is 13.9. The number of fused-ring (bicyclic) bond motifs is 1. The van der Waals surface area contributed by atoms with Crippen molar-refractivity contribution in [3.8, 4) is 40.1 Å². The molecule has 16 nitrogen and oxygen atoms in total. The molecule has 3 heterocycles. The number of rotatable bonds is 7. The van der Waals surface area contributed by atoms with Gasteiger partial charge in [-0.05, 0) is 31.2 Å². The number of methoxy groups -OCH3 is 1. The standard InChI is InChI=1S/C28H32O16/c1-9-16(33)19(36)21(38)27(40-9)44-26-20(37)17(34)14(8-29)41-28(26)43-25-18(35)15-12(31)7-13(32)23(39-2)24(15)42-22(25)10-3-5-11(30)6-4-10/h3-7,9,14,16-17,19-21,26-34,36-38H,8H2,1-2H3. The van der Waals surface area contributed by atoms with E-state index in [1.165, 1.54) is 38.3 Å². The van der Waals surface area contributed by atoms with Gasteiger partial charge in [0.2, 0.25) is 23.2 Å². The molecule has 240 valence electrons. The Kier molecular flexibility index (Phi) is 8.90. The van der Waals surface area contributed by atoms with Gasteiger partial charge >= 0.3 is 0 Å². The Morgan fingerprint density at radius 2 is 1.50 bits per heavy atom. The molecular formula is C28H32O16. The number of hydrogen-bond donors (Lipinski definition) is 9. The zero-order chi connectivity index (χ0) is 32.0. The Morgan fingerprint density at radius 1 is 0.818 bits per heavy atom. The zero-order valence-electron chi connectivity index (χ0n) is 23.3. The van der Waals surface area contributed by atoms with Crippen LogP contribution in [0.5, 0.6) is 28.7 Å². The van der Waals surface area contributed by atoms with E-state index < -0.39 is 96.1 Å². The summed E-state index contributed by atoms with van der Waals surface area (Å²) < 4.78 is 33.8. The summed E-state index contributed by atoms with van der Waals surface area (Å²) in [6.07, 6.45) is -16.5. The molecule has 3 aromatic rings. The number of phenols is 3. The van der Waals surface area contributed by atoms with Crippen LogP contribution in [-0.2, 0) is 14.2 Å². The fourth-order valence-corrected chi connectivity index (χ4v) is 5.10. The molecule has 16 heteroatoms. The molecule has 2 aliphatic heterocycles. The molecule has 0 bridgehead atoms. The summed E-state index contributed by atoms with van der Waals surface area (Å²) in [5.74, 6) is -2.66. The summed E-state index contributed by atoms with van der Waals surface area (Å²) in [7, 11) is 1.19. The van der Waals surface area contributed by atoms with E-state index in [1.807, 2.05) is 0 Å². The van der Waals surface area contributed by atoms with Crippen LogP contribution < -0.4 is 14.9 Å². The first kappa shape index (κ1) is 31.7. The van der Waals surface area contributed by atoms with Gasteiger partial charge in [-0.3, -0.25) is 4.79 Å². The van der Waals surface area contributed by atoms with Crippen LogP contribution in [0.4, 0.5) is 0 Å². The first-order chi connectivity index (χ1) is 20.9. The summed E-state index contributed by atoms with van der Waals surface area (Å²) in [5, 5.41) is 92.3. The average molecular weight is 625 g/mol. The minimum atomic E-state index is -1.89. The monoisotopic (exact) mass is 624 g/mol. The van der Waals surface area contributed by atoms with Gasteiger partial charge in [-0.25, -0.2) is 0 Å². The highest BCUT2D eigenvalue weighted by atomic mass is 16.8. The van der Waals surface area contributed by atoms with Gasteiger partial charge in [-0.1, -0.05) is 0 Å². The molecule has 2 aliphatic rings. The largest absolute Gasteiger partial charge is 0.508 e. The number of ether oxygens (including phenoxy) is 5. The third kappa shape index (κ3) is 5.51. The Labute approximate surface area is 248 Å². The smallest absolute Gasteiger partial charge is 0.239 e. The molecule has 2 aromatic carbocycles. The Bertz CT molecular complexity index is 1540. The topological polar surface area (TPSA) is 258 Å². The van der Waals surface area contributed by atoms with Crippen molar-refractivity contribution in [1.29, 1.82) is 0 Å². The van der Waals surface area contributed by atoms with Gasteiger partial charge in [0, 0.05) is 11.6 Å². The van der Waals surface area contributed by atoms with E-state index in [2.05, 4.69) is 0 Å². The summed E-state index contributed by atoms with van der Waals surface area (Å²) in [5.41, 5.74) is -1.24. The number of aliphatic hydroxyl groups excluding tert-OH is 6. The van der Waals surface area contributed by atoms with Crippen molar-refractivity contribution in [2.24, 2.45) is 0 Å². The van der Waals surface area contributed by atoms with Crippen molar-refractivity contribution >= 4 is 11.0 Å². The molecule has 0 radical (unpaired) electrons. The quantitative estimate of drug-likeness (QED) is 0.147. The van der Waals surface area contributed by atoms with Gasteiger partial charge < -0.3 is 74.1 Å². The summed E-state index contributed by atoms with van der Waals surface area (Å²) in [6.45, 7) is 0.570. The molecule has 9 N–H and O–H groups in total. The molecule has 2 fully saturated rings. The van der Waals surface area contributed by atoms with Gasteiger partial charge in [-0.15, -0.1) is 0 Å². The maximum Gasteiger partial charge on any atom is 0.239 e. The van der Waals surface area contributed by atoms with Gasteiger partial charge in [0.15, 0.2) is 29.5 Å². The highest BCUT2D eigenvalue weighted by molar-refractivity contribution is 5.93. The van der Waals surface area contributed by atoms with Gasteiger partial charge in [0.1, 0.15) is 53.5 Å². The number of aromatic hydroxyl groups is 3. The van der Waals surface area contributed by atoms with Crippen LogP contribution in [-0.4, -0.2) is 121 Å². The fraction of sp³-hybridized carbons (Fsp3) is 0.464. The SMILES string of the molecule is COc1c(O)cc(O)c2c(=O)c(OC3OC(CO)C(O)C(O)C3OC3OC(C)C(O)C(O)C3O)c(-c3ccc(O)cc3)oc12. The summed E-state index contributed by atoms with van der Waals surface area (Å²) in [4.78, 5) is 13.9. The lowest BCUT2D eigenvalue weighted by Gasteiger charge is -2.45. The van der Waals surface area contributed by atoms with Gasteiger partial charge in [0.25, 0.3) is 0 Å². The second-order valence-corrected chi connectivity index (χ2v) is 10.4. The lowest BCUT2D eigenvalue weighted by molar-refractivity contribution is -0.354. The molecule has 0 saturated carbocycles. The van der Waals surface area contributed by atoms with Gasteiger partial charge in [0.05, 0.1) is 19.8 Å². The fourth-order valence-electron chi connectivity index (χ4n) is 5.10. The van der Waals surface area contributed by atoms with Crippen molar-refractivity contribution in [2.45, 2.75) is 68.3 Å².